The highest BCUT2D eigenvalue weighted by Crippen LogP contribution is 2.22. The number of aromatic nitrogens is 4. The van der Waals surface area contributed by atoms with Crippen molar-refractivity contribution in [2.45, 2.75) is 25.9 Å². The van der Waals surface area contributed by atoms with Gasteiger partial charge in [-0.3, -0.25) is 4.68 Å². The van der Waals surface area contributed by atoms with E-state index in [1.807, 2.05) is 17.9 Å². The average molecular weight is 237 g/mol. The van der Waals surface area contributed by atoms with E-state index in [0.29, 0.717) is 0 Å². The molecule has 0 aromatic carbocycles. The first-order valence-electron chi connectivity index (χ1n) is 5.32. The molecule has 1 atom stereocenters. The molecular formula is C10H15N5S. The Morgan fingerprint density at radius 1 is 1.50 bits per heavy atom. The number of hydrogen-bond acceptors (Lipinski definition) is 5. The highest BCUT2D eigenvalue weighted by molar-refractivity contribution is 7.05. The summed E-state index contributed by atoms with van der Waals surface area (Å²) in [7, 11) is 1.93. The van der Waals surface area contributed by atoms with Gasteiger partial charge in [0.15, 0.2) is 0 Å². The molecule has 0 aliphatic carbocycles. The number of aryl methyl sites for hydroxylation is 1. The summed E-state index contributed by atoms with van der Waals surface area (Å²) in [5.41, 5.74) is 1.15. The first kappa shape index (κ1) is 11.2. The summed E-state index contributed by atoms with van der Waals surface area (Å²) in [4.78, 5) is 1.11. The Bertz CT molecular complexity index is 422. The second-order valence-electron chi connectivity index (χ2n) is 3.58. The van der Waals surface area contributed by atoms with E-state index in [1.165, 1.54) is 11.5 Å². The van der Waals surface area contributed by atoms with Crippen molar-refractivity contribution < 1.29 is 0 Å². The van der Waals surface area contributed by atoms with E-state index in [2.05, 4.69) is 33.1 Å². The van der Waals surface area contributed by atoms with Crippen LogP contribution in [0.2, 0.25) is 0 Å². The van der Waals surface area contributed by atoms with E-state index in [1.54, 1.807) is 6.20 Å². The fourth-order valence-electron chi connectivity index (χ4n) is 1.66. The fourth-order valence-corrected chi connectivity index (χ4v) is 2.30. The molecule has 2 aromatic rings. The van der Waals surface area contributed by atoms with Gasteiger partial charge < -0.3 is 5.32 Å². The molecule has 0 spiro atoms. The molecule has 0 amide bonds. The van der Waals surface area contributed by atoms with Gasteiger partial charge in [0.05, 0.1) is 23.3 Å². The van der Waals surface area contributed by atoms with Gasteiger partial charge in [0.1, 0.15) is 0 Å². The molecule has 2 heterocycles. The van der Waals surface area contributed by atoms with Crippen LogP contribution in [-0.2, 0) is 6.54 Å². The second kappa shape index (κ2) is 5.18. The van der Waals surface area contributed by atoms with Crippen LogP contribution in [0.25, 0.3) is 0 Å². The Balaban J connectivity index is 2.20. The summed E-state index contributed by atoms with van der Waals surface area (Å²) in [6.07, 6.45) is 6.86. The standard InChI is InChI=1S/C10H15N5S/c1-3-4-15-7-8(5-13-15)10(11-2)9-6-12-14-16-9/h5-7,10-11H,3-4H2,1-2H3. The maximum atomic E-state index is 4.33. The third-order valence-corrected chi connectivity index (χ3v) is 3.12. The Labute approximate surface area is 98.7 Å². The van der Waals surface area contributed by atoms with Crippen LogP contribution in [0, 0.1) is 0 Å². The zero-order valence-electron chi connectivity index (χ0n) is 9.42. The molecule has 0 bridgehead atoms. The van der Waals surface area contributed by atoms with Gasteiger partial charge in [0, 0.05) is 18.3 Å². The second-order valence-corrected chi connectivity index (χ2v) is 4.40. The minimum absolute atomic E-state index is 0.144. The number of nitrogens with zero attached hydrogens (tertiary/aromatic N) is 4. The molecule has 1 unspecified atom stereocenters. The normalized spacial score (nSPS) is 12.9. The largest absolute Gasteiger partial charge is 0.308 e. The lowest BCUT2D eigenvalue weighted by Gasteiger charge is -2.10. The molecule has 5 nitrogen and oxygen atoms in total. The van der Waals surface area contributed by atoms with Gasteiger partial charge in [-0.1, -0.05) is 11.4 Å². The molecule has 6 heteroatoms. The van der Waals surface area contributed by atoms with E-state index in [9.17, 15) is 0 Å². The first-order valence-corrected chi connectivity index (χ1v) is 6.09. The number of rotatable bonds is 5. The van der Waals surface area contributed by atoms with Gasteiger partial charge in [-0.25, -0.2) is 0 Å². The van der Waals surface area contributed by atoms with Gasteiger partial charge in [-0.2, -0.15) is 5.10 Å². The van der Waals surface area contributed by atoms with Crippen molar-refractivity contribution >= 4 is 11.5 Å². The summed E-state index contributed by atoms with van der Waals surface area (Å²) in [6, 6.07) is 0.144. The molecule has 2 rings (SSSR count). The van der Waals surface area contributed by atoms with Crippen LogP contribution in [0.1, 0.15) is 29.8 Å². The van der Waals surface area contributed by atoms with Gasteiger partial charge in [0.25, 0.3) is 0 Å². The Morgan fingerprint density at radius 2 is 2.38 bits per heavy atom. The highest BCUT2D eigenvalue weighted by Gasteiger charge is 2.15. The van der Waals surface area contributed by atoms with Crippen LogP contribution in [0.4, 0.5) is 0 Å². The van der Waals surface area contributed by atoms with Crippen LogP contribution in [0.15, 0.2) is 18.6 Å². The topological polar surface area (TPSA) is 55.6 Å². The number of hydrogen-bond donors (Lipinski definition) is 1. The molecule has 2 aromatic heterocycles. The van der Waals surface area contributed by atoms with E-state index < -0.39 is 0 Å². The maximum absolute atomic E-state index is 4.33. The zero-order chi connectivity index (χ0) is 11.4. The lowest BCUT2D eigenvalue weighted by molar-refractivity contribution is 0.600. The van der Waals surface area contributed by atoms with E-state index in [4.69, 9.17) is 0 Å². The van der Waals surface area contributed by atoms with E-state index in [-0.39, 0.29) is 6.04 Å². The molecular weight excluding hydrogens is 222 g/mol. The Morgan fingerprint density at radius 3 is 3.00 bits per heavy atom. The molecule has 86 valence electrons. The van der Waals surface area contributed by atoms with Crippen LogP contribution < -0.4 is 5.32 Å². The third-order valence-electron chi connectivity index (χ3n) is 2.39. The van der Waals surface area contributed by atoms with Crippen LogP contribution in [0.3, 0.4) is 0 Å². The van der Waals surface area contributed by atoms with Crippen molar-refractivity contribution in [1.29, 1.82) is 0 Å². The molecule has 0 saturated heterocycles. The predicted octanol–water partition coefficient (Wildman–Crippen LogP) is 1.45. The highest BCUT2D eigenvalue weighted by atomic mass is 32.1. The molecule has 1 N–H and O–H groups in total. The van der Waals surface area contributed by atoms with E-state index in [0.717, 1.165) is 23.4 Å². The Kier molecular flexibility index (Phi) is 3.63. The van der Waals surface area contributed by atoms with Crippen molar-refractivity contribution in [3.63, 3.8) is 0 Å². The lowest BCUT2D eigenvalue weighted by Crippen LogP contribution is -2.15. The monoisotopic (exact) mass is 237 g/mol. The van der Waals surface area contributed by atoms with Crippen LogP contribution >= 0.6 is 11.5 Å². The van der Waals surface area contributed by atoms with Crippen molar-refractivity contribution in [2.24, 2.45) is 0 Å². The van der Waals surface area contributed by atoms with E-state index >= 15 is 0 Å². The minimum atomic E-state index is 0.144. The Hall–Kier alpha value is -1.27. The summed E-state index contributed by atoms with van der Waals surface area (Å²) >= 11 is 1.41. The predicted molar refractivity (Wildman–Crippen MR) is 63.3 cm³/mol. The summed E-state index contributed by atoms with van der Waals surface area (Å²) < 4.78 is 5.85. The van der Waals surface area contributed by atoms with Crippen LogP contribution in [0.5, 0.6) is 0 Å². The molecule has 0 saturated carbocycles. The van der Waals surface area contributed by atoms with Crippen molar-refractivity contribution in [2.75, 3.05) is 7.05 Å². The van der Waals surface area contributed by atoms with Crippen molar-refractivity contribution in [3.05, 3.63) is 29.0 Å². The molecule has 0 aliphatic heterocycles. The lowest BCUT2D eigenvalue weighted by atomic mass is 10.1. The quantitative estimate of drug-likeness (QED) is 0.855. The number of nitrogens with one attached hydrogen (secondary N) is 1. The zero-order valence-corrected chi connectivity index (χ0v) is 10.2. The minimum Gasteiger partial charge on any atom is -0.308 e. The van der Waals surface area contributed by atoms with Gasteiger partial charge in [-0.15, -0.1) is 5.10 Å². The van der Waals surface area contributed by atoms with Gasteiger partial charge in [0.2, 0.25) is 0 Å². The molecule has 0 aliphatic rings. The molecule has 16 heavy (non-hydrogen) atoms. The smallest absolute Gasteiger partial charge is 0.0732 e. The SMILES string of the molecule is CCCn1cc(C(NC)c2cnns2)cn1. The fraction of sp³-hybridized carbons (Fsp3) is 0.500. The maximum Gasteiger partial charge on any atom is 0.0732 e. The van der Waals surface area contributed by atoms with Gasteiger partial charge >= 0.3 is 0 Å². The average Bonchev–Trinajstić information content (AvgIpc) is 2.92. The molecule has 0 fully saturated rings. The van der Waals surface area contributed by atoms with Crippen LogP contribution in [-0.4, -0.2) is 26.4 Å². The first-order chi connectivity index (χ1) is 7.85. The summed E-state index contributed by atoms with van der Waals surface area (Å²) in [6.45, 7) is 3.10. The third kappa shape index (κ3) is 2.28. The van der Waals surface area contributed by atoms with Crippen molar-refractivity contribution in [3.8, 4) is 0 Å². The summed E-state index contributed by atoms with van der Waals surface area (Å²) in [5, 5.41) is 11.4. The van der Waals surface area contributed by atoms with Gasteiger partial charge in [-0.05, 0) is 25.0 Å². The van der Waals surface area contributed by atoms with Crippen molar-refractivity contribution in [1.82, 2.24) is 24.7 Å². The molecule has 0 radical (unpaired) electrons. The summed E-state index contributed by atoms with van der Waals surface area (Å²) in [5.74, 6) is 0.